The number of ether oxygens (including phenoxy) is 1. The Labute approximate surface area is 107 Å². The van der Waals surface area contributed by atoms with Crippen molar-refractivity contribution >= 4 is 5.71 Å². The number of methoxy groups -OCH3 is 1. The minimum atomic E-state index is 0.362. The van der Waals surface area contributed by atoms with Crippen LogP contribution in [0.15, 0.2) is 29.4 Å². The summed E-state index contributed by atoms with van der Waals surface area (Å²) in [6.45, 7) is 0. The molecular formula is C15H17NO2. The fourth-order valence-corrected chi connectivity index (χ4v) is 3.95. The van der Waals surface area contributed by atoms with Gasteiger partial charge in [0.05, 0.1) is 12.8 Å². The summed E-state index contributed by atoms with van der Waals surface area (Å²) in [5.41, 5.74) is 2.35. The average Bonchev–Trinajstić information content (AvgIpc) is 3.11. The maximum atomic E-state index is 5.69. The quantitative estimate of drug-likeness (QED) is 0.799. The van der Waals surface area contributed by atoms with Crippen LogP contribution in [0.2, 0.25) is 0 Å². The molecule has 2 aliphatic carbocycles. The average molecular weight is 243 g/mol. The Morgan fingerprint density at radius 3 is 2.72 bits per heavy atom. The number of hydrogen-bond donors (Lipinski definition) is 0. The molecule has 94 valence electrons. The molecule has 2 fully saturated rings. The lowest BCUT2D eigenvalue weighted by atomic mass is 9.81. The highest BCUT2D eigenvalue weighted by molar-refractivity contribution is 6.03. The molecule has 4 rings (SSSR count). The van der Waals surface area contributed by atoms with Crippen molar-refractivity contribution in [3.63, 3.8) is 0 Å². The molecule has 0 radical (unpaired) electrons. The predicted octanol–water partition coefficient (Wildman–Crippen LogP) is 2.84. The van der Waals surface area contributed by atoms with Crippen LogP contribution >= 0.6 is 0 Å². The normalized spacial score (nSPS) is 36.2. The summed E-state index contributed by atoms with van der Waals surface area (Å²) < 4.78 is 5.20. The van der Waals surface area contributed by atoms with Gasteiger partial charge in [-0.25, -0.2) is 0 Å². The van der Waals surface area contributed by atoms with E-state index in [2.05, 4.69) is 17.3 Å². The second kappa shape index (κ2) is 3.74. The molecule has 0 N–H and O–H groups in total. The minimum Gasteiger partial charge on any atom is -0.497 e. The van der Waals surface area contributed by atoms with Crippen molar-refractivity contribution in [1.29, 1.82) is 0 Å². The Morgan fingerprint density at radius 2 is 1.94 bits per heavy atom. The van der Waals surface area contributed by atoms with Crippen LogP contribution in [0.25, 0.3) is 0 Å². The van der Waals surface area contributed by atoms with E-state index in [-0.39, 0.29) is 0 Å². The van der Waals surface area contributed by atoms with Gasteiger partial charge in [0.2, 0.25) is 0 Å². The Morgan fingerprint density at radius 1 is 1.17 bits per heavy atom. The SMILES string of the molecule is COc1ccc(C2=NO[C@H]3[C@@H]4CC[C@@H](C4)[C@@H]23)cc1. The van der Waals surface area contributed by atoms with E-state index in [4.69, 9.17) is 9.57 Å². The molecule has 1 aromatic rings. The zero-order valence-corrected chi connectivity index (χ0v) is 10.5. The zero-order chi connectivity index (χ0) is 12.1. The first-order valence-corrected chi connectivity index (χ1v) is 6.75. The Bertz CT molecular complexity index is 494. The topological polar surface area (TPSA) is 30.8 Å². The summed E-state index contributed by atoms with van der Waals surface area (Å²) in [6.07, 6.45) is 4.38. The first kappa shape index (κ1) is 10.4. The molecule has 0 aromatic heterocycles. The third-order valence-corrected chi connectivity index (χ3v) is 4.81. The second-order valence-electron chi connectivity index (χ2n) is 5.63. The highest BCUT2D eigenvalue weighted by Gasteiger charge is 2.54. The van der Waals surface area contributed by atoms with Gasteiger partial charge in [-0.1, -0.05) is 5.16 Å². The van der Waals surface area contributed by atoms with Crippen LogP contribution < -0.4 is 4.74 Å². The molecule has 4 atom stereocenters. The zero-order valence-electron chi connectivity index (χ0n) is 10.5. The summed E-state index contributed by atoms with van der Waals surface area (Å²) in [7, 11) is 1.69. The minimum absolute atomic E-state index is 0.362. The van der Waals surface area contributed by atoms with Crippen molar-refractivity contribution < 1.29 is 9.57 Å². The Kier molecular flexibility index (Phi) is 2.16. The lowest BCUT2D eigenvalue weighted by molar-refractivity contribution is 0.0275. The lowest BCUT2D eigenvalue weighted by Crippen LogP contribution is -2.29. The molecule has 0 amide bonds. The second-order valence-corrected chi connectivity index (χ2v) is 5.63. The van der Waals surface area contributed by atoms with Crippen molar-refractivity contribution in [1.82, 2.24) is 0 Å². The summed E-state index contributed by atoms with van der Waals surface area (Å²) in [6, 6.07) is 8.18. The lowest BCUT2D eigenvalue weighted by Gasteiger charge is -2.23. The summed E-state index contributed by atoms with van der Waals surface area (Å²) >= 11 is 0. The van der Waals surface area contributed by atoms with Gasteiger partial charge >= 0.3 is 0 Å². The fraction of sp³-hybridized carbons (Fsp3) is 0.533. The molecule has 18 heavy (non-hydrogen) atoms. The highest BCUT2D eigenvalue weighted by Crippen LogP contribution is 2.53. The monoisotopic (exact) mass is 243 g/mol. The molecule has 3 nitrogen and oxygen atoms in total. The fourth-order valence-electron chi connectivity index (χ4n) is 3.95. The van der Waals surface area contributed by atoms with Gasteiger partial charge in [0.25, 0.3) is 0 Å². The number of rotatable bonds is 2. The van der Waals surface area contributed by atoms with Crippen LogP contribution in [0, 0.1) is 17.8 Å². The smallest absolute Gasteiger partial charge is 0.139 e. The molecule has 1 aliphatic heterocycles. The molecule has 3 aliphatic rings. The van der Waals surface area contributed by atoms with E-state index in [1.54, 1.807) is 7.11 Å². The first-order valence-electron chi connectivity index (χ1n) is 6.75. The van der Waals surface area contributed by atoms with Gasteiger partial charge in [0.15, 0.2) is 0 Å². The first-order chi connectivity index (χ1) is 8.86. The highest BCUT2D eigenvalue weighted by atomic mass is 16.6. The third kappa shape index (κ3) is 1.33. The molecule has 0 saturated heterocycles. The van der Waals surface area contributed by atoms with Crippen LogP contribution in [0.1, 0.15) is 24.8 Å². The molecule has 3 heteroatoms. The van der Waals surface area contributed by atoms with Crippen LogP contribution in [-0.2, 0) is 4.84 Å². The maximum Gasteiger partial charge on any atom is 0.139 e. The van der Waals surface area contributed by atoms with E-state index in [1.165, 1.54) is 24.8 Å². The van der Waals surface area contributed by atoms with Gasteiger partial charge in [0, 0.05) is 11.5 Å². The van der Waals surface area contributed by atoms with Crippen LogP contribution in [-0.4, -0.2) is 18.9 Å². The number of benzene rings is 1. The van der Waals surface area contributed by atoms with Crippen LogP contribution in [0.5, 0.6) is 5.75 Å². The largest absolute Gasteiger partial charge is 0.497 e. The summed E-state index contributed by atoms with van der Waals surface area (Å²) in [5.74, 6) is 2.97. The van der Waals surface area contributed by atoms with Crippen molar-refractivity contribution in [2.45, 2.75) is 25.4 Å². The number of fused-ring (bicyclic) bond motifs is 5. The van der Waals surface area contributed by atoms with Gasteiger partial charge in [-0.2, -0.15) is 0 Å². The van der Waals surface area contributed by atoms with Crippen LogP contribution in [0.4, 0.5) is 0 Å². The maximum absolute atomic E-state index is 5.69. The van der Waals surface area contributed by atoms with E-state index in [9.17, 15) is 0 Å². The van der Waals surface area contributed by atoms with E-state index in [1.807, 2.05) is 12.1 Å². The van der Waals surface area contributed by atoms with Crippen molar-refractivity contribution in [3.05, 3.63) is 29.8 Å². The Balaban J connectivity index is 1.65. The van der Waals surface area contributed by atoms with E-state index in [0.29, 0.717) is 12.0 Å². The molecule has 2 bridgehead atoms. The van der Waals surface area contributed by atoms with Gasteiger partial charge in [-0.05, 0) is 55.4 Å². The molecular weight excluding hydrogens is 226 g/mol. The standard InChI is InChI=1S/C15H17NO2/c1-17-12-6-4-9(5-7-12)14-13-10-2-3-11(8-10)15(13)18-16-14/h4-7,10-11,13,15H,2-3,8H2,1H3/t10-,11+,13-,15-/m0/s1. The molecule has 1 aromatic carbocycles. The number of nitrogens with zero attached hydrogens (tertiary/aromatic N) is 1. The van der Waals surface area contributed by atoms with Gasteiger partial charge in [-0.15, -0.1) is 0 Å². The van der Waals surface area contributed by atoms with E-state index >= 15 is 0 Å². The van der Waals surface area contributed by atoms with Crippen molar-refractivity contribution in [2.24, 2.45) is 22.9 Å². The van der Waals surface area contributed by atoms with Gasteiger partial charge in [-0.3, -0.25) is 0 Å². The van der Waals surface area contributed by atoms with Gasteiger partial charge in [0.1, 0.15) is 11.9 Å². The summed E-state index contributed by atoms with van der Waals surface area (Å²) in [5, 5.41) is 4.36. The van der Waals surface area contributed by atoms with Gasteiger partial charge < -0.3 is 9.57 Å². The number of hydrogen-bond acceptors (Lipinski definition) is 3. The predicted molar refractivity (Wildman–Crippen MR) is 68.7 cm³/mol. The number of oxime groups is 1. The molecule has 2 saturated carbocycles. The third-order valence-electron chi connectivity index (χ3n) is 4.81. The van der Waals surface area contributed by atoms with Crippen LogP contribution in [0.3, 0.4) is 0 Å². The van der Waals surface area contributed by atoms with Crippen molar-refractivity contribution in [2.75, 3.05) is 7.11 Å². The Hall–Kier alpha value is -1.51. The summed E-state index contributed by atoms with van der Waals surface area (Å²) in [4.78, 5) is 5.69. The van der Waals surface area contributed by atoms with Crippen molar-refractivity contribution in [3.8, 4) is 5.75 Å². The van der Waals surface area contributed by atoms with E-state index < -0.39 is 0 Å². The molecule has 1 heterocycles. The van der Waals surface area contributed by atoms with E-state index in [0.717, 1.165) is 23.3 Å². The molecule has 0 spiro atoms. The molecule has 0 unspecified atom stereocenters.